The molecule has 5 nitrogen and oxygen atoms in total. The third-order valence-corrected chi connectivity index (χ3v) is 4.04. The lowest BCUT2D eigenvalue weighted by Crippen LogP contribution is -3.12. The largest absolute Gasteiger partial charge is 0.345 e. The van der Waals surface area contributed by atoms with Crippen molar-refractivity contribution in [2.75, 3.05) is 39.0 Å². The Kier molecular flexibility index (Phi) is 5.95. The van der Waals surface area contributed by atoms with E-state index >= 15 is 0 Å². The average molecular weight is 304 g/mol. The molecule has 1 aromatic carbocycles. The van der Waals surface area contributed by atoms with Gasteiger partial charge in [-0.1, -0.05) is 0 Å². The highest BCUT2D eigenvalue weighted by Gasteiger charge is 2.16. The molecule has 5 heteroatoms. The minimum absolute atomic E-state index is 0.0353. The van der Waals surface area contributed by atoms with Crippen LogP contribution in [0, 0.1) is 0 Å². The molecule has 1 saturated heterocycles. The summed E-state index contributed by atoms with van der Waals surface area (Å²) in [5, 5.41) is 2.92. The van der Waals surface area contributed by atoms with Gasteiger partial charge in [-0.05, 0) is 49.9 Å². The number of quaternary nitrogens is 1. The zero-order valence-corrected chi connectivity index (χ0v) is 13.5. The van der Waals surface area contributed by atoms with E-state index in [-0.39, 0.29) is 11.8 Å². The highest BCUT2D eigenvalue weighted by Crippen LogP contribution is 2.10. The smallest absolute Gasteiger partial charge is 0.279 e. The molecule has 2 amide bonds. The number of likely N-dealkylation sites (tertiary alicyclic amines) is 1. The molecule has 0 spiro atoms. The summed E-state index contributed by atoms with van der Waals surface area (Å²) in [4.78, 5) is 26.8. The van der Waals surface area contributed by atoms with Crippen molar-refractivity contribution in [2.45, 2.75) is 25.7 Å². The zero-order valence-electron chi connectivity index (χ0n) is 13.5. The summed E-state index contributed by atoms with van der Waals surface area (Å²) in [6.45, 7) is 2.70. The van der Waals surface area contributed by atoms with Crippen LogP contribution in [0.25, 0.3) is 0 Å². The van der Waals surface area contributed by atoms with Gasteiger partial charge in [0, 0.05) is 25.3 Å². The van der Waals surface area contributed by atoms with Gasteiger partial charge >= 0.3 is 0 Å². The lowest BCUT2D eigenvalue weighted by molar-refractivity contribution is -0.890. The van der Waals surface area contributed by atoms with Crippen LogP contribution >= 0.6 is 0 Å². The van der Waals surface area contributed by atoms with Crippen molar-refractivity contribution in [1.82, 2.24) is 4.90 Å². The number of carbonyl (C=O) groups is 2. The number of hydrogen-bond acceptors (Lipinski definition) is 2. The van der Waals surface area contributed by atoms with E-state index < -0.39 is 0 Å². The second-order valence-electron chi connectivity index (χ2n) is 6.17. The van der Waals surface area contributed by atoms with Crippen molar-refractivity contribution >= 4 is 17.5 Å². The molecule has 1 fully saturated rings. The number of benzene rings is 1. The standard InChI is InChI=1S/C17H25N3O2/c1-19(2)17(22)14-7-9-15(10-8-14)18-16(21)13-20-11-5-3-4-6-12-20/h7-10H,3-6,11-13H2,1-2H3,(H,18,21)/p+1. The predicted octanol–water partition coefficient (Wildman–Crippen LogP) is 0.786. The van der Waals surface area contributed by atoms with Crippen LogP contribution in [0.2, 0.25) is 0 Å². The minimum Gasteiger partial charge on any atom is -0.345 e. The third kappa shape index (κ3) is 4.84. The van der Waals surface area contributed by atoms with Crippen LogP contribution in [0.15, 0.2) is 24.3 Å². The first-order valence-electron chi connectivity index (χ1n) is 8.01. The van der Waals surface area contributed by atoms with Crippen LogP contribution in [0.1, 0.15) is 36.0 Å². The second-order valence-corrected chi connectivity index (χ2v) is 6.17. The Morgan fingerprint density at radius 2 is 1.64 bits per heavy atom. The fourth-order valence-electron chi connectivity index (χ4n) is 2.79. The molecule has 0 aliphatic carbocycles. The summed E-state index contributed by atoms with van der Waals surface area (Å²) in [7, 11) is 3.45. The molecule has 22 heavy (non-hydrogen) atoms. The first-order chi connectivity index (χ1) is 10.6. The summed E-state index contributed by atoms with van der Waals surface area (Å²) in [5.74, 6) is 0.00970. The maximum atomic E-state index is 12.1. The van der Waals surface area contributed by atoms with Crippen LogP contribution in [0.3, 0.4) is 0 Å². The van der Waals surface area contributed by atoms with Crippen LogP contribution < -0.4 is 10.2 Å². The van der Waals surface area contributed by atoms with Crippen molar-refractivity contribution in [3.05, 3.63) is 29.8 Å². The van der Waals surface area contributed by atoms with E-state index in [0.717, 1.165) is 18.8 Å². The molecule has 1 heterocycles. The van der Waals surface area contributed by atoms with E-state index in [1.54, 1.807) is 38.4 Å². The van der Waals surface area contributed by atoms with Gasteiger partial charge in [-0.2, -0.15) is 0 Å². The lowest BCUT2D eigenvalue weighted by atomic mass is 10.2. The van der Waals surface area contributed by atoms with Crippen molar-refractivity contribution in [2.24, 2.45) is 0 Å². The first-order valence-corrected chi connectivity index (χ1v) is 8.01. The molecule has 1 aliphatic rings. The van der Waals surface area contributed by atoms with Gasteiger partial charge in [0.25, 0.3) is 11.8 Å². The number of nitrogens with zero attached hydrogens (tertiary/aromatic N) is 1. The number of carbonyl (C=O) groups excluding carboxylic acids is 2. The third-order valence-electron chi connectivity index (χ3n) is 4.04. The van der Waals surface area contributed by atoms with E-state index in [4.69, 9.17) is 0 Å². The normalized spacial score (nSPS) is 15.9. The van der Waals surface area contributed by atoms with E-state index in [1.807, 2.05) is 0 Å². The molecular weight excluding hydrogens is 278 g/mol. The van der Waals surface area contributed by atoms with Gasteiger partial charge in [0.1, 0.15) is 0 Å². The van der Waals surface area contributed by atoms with Gasteiger partial charge in [-0.15, -0.1) is 0 Å². The number of hydrogen-bond donors (Lipinski definition) is 2. The first kappa shape index (κ1) is 16.5. The van der Waals surface area contributed by atoms with E-state index in [0.29, 0.717) is 12.1 Å². The van der Waals surface area contributed by atoms with E-state index in [1.165, 1.54) is 35.5 Å². The molecule has 1 aliphatic heterocycles. The SMILES string of the molecule is CN(C)C(=O)c1ccc(NC(=O)C[NH+]2CCCCCC2)cc1. The Morgan fingerprint density at radius 1 is 1.05 bits per heavy atom. The zero-order chi connectivity index (χ0) is 15.9. The highest BCUT2D eigenvalue weighted by molar-refractivity contribution is 5.95. The minimum atomic E-state index is -0.0353. The molecule has 2 N–H and O–H groups in total. The molecule has 0 atom stereocenters. The summed E-state index contributed by atoms with van der Waals surface area (Å²) in [6, 6.07) is 7.06. The Bertz CT molecular complexity index is 503. The van der Waals surface area contributed by atoms with Crippen LogP contribution in [-0.4, -0.2) is 50.4 Å². The molecule has 1 aromatic rings. The second kappa shape index (κ2) is 7.94. The van der Waals surface area contributed by atoms with Gasteiger partial charge in [-0.25, -0.2) is 0 Å². The number of anilines is 1. The molecule has 2 rings (SSSR count). The monoisotopic (exact) mass is 304 g/mol. The van der Waals surface area contributed by atoms with Crippen molar-refractivity contribution in [1.29, 1.82) is 0 Å². The van der Waals surface area contributed by atoms with Crippen LogP contribution in [0.5, 0.6) is 0 Å². The molecule has 0 bridgehead atoms. The maximum absolute atomic E-state index is 12.1. The fraction of sp³-hybridized carbons (Fsp3) is 0.529. The van der Waals surface area contributed by atoms with E-state index in [9.17, 15) is 9.59 Å². The van der Waals surface area contributed by atoms with Crippen molar-refractivity contribution in [3.8, 4) is 0 Å². The van der Waals surface area contributed by atoms with E-state index in [2.05, 4.69) is 5.32 Å². The molecule has 0 saturated carbocycles. The van der Waals surface area contributed by atoms with Crippen molar-refractivity contribution in [3.63, 3.8) is 0 Å². The number of amides is 2. The summed E-state index contributed by atoms with van der Waals surface area (Å²) < 4.78 is 0. The molecular formula is C17H26N3O2+. The lowest BCUT2D eigenvalue weighted by Gasteiger charge is -2.16. The van der Waals surface area contributed by atoms with Gasteiger partial charge < -0.3 is 15.1 Å². The van der Waals surface area contributed by atoms with Gasteiger partial charge in [0.05, 0.1) is 13.1 Å². The predicted molar refractivity (Wildman–Crippen MR) is 87.1 cm³/mol. The Labute approximate surface area is 132 Å². The van der Waals surface area contributed by atoms with Gasteiger partial charge in [0.2, 0.25) is 0 Å². The van der Waals surface area contributed by atoms with Crippen LogP contribution in [-0.2, 0) is 4.79 Å². The Hall–Kier alpha value is -1.88. The highest BCUT2D eigenvalue weighted by atomic mass is 16.2. The average Bonchev–Trinajstić information content (AvgIpc) is 2.75. The van der Waals surface area contributed by atoms with Gasteiger partial charge in [0.15, 0.2) is 6.54 Å². The fourth-order valence-corrected chi connectivity index (χ4v) is 2.79. The molecule has 120 valence electrons. The topological polar surface area (TPSA) is 53.9 Å². The molecule has 0 radical (unpaired) electrons. The number of nitrogens with one attached hydrogen (secondary N) is 2. The summed E-state index contributed by atoms with van der Waals surface area (Å²) in [5.41, 5.74) is 1.37. The molecule has 0 aromatic heterocycles. The number of rotatable bonds is 4. The van der Waals surface area contributed by atoms with Crippen LogP contribution in [0.4, 0.5) is 5.69 Å². The summed E-state index contributed by atoms with van der Waals surface area (Å²) >= 11 is 0. The molecule has 0 unspecified atom stereocenters. The maximum Gasteiger partial charge on any atom is 0.279 e. The summed E-state index contributed by atoms with van der Waals surface area (Å²) in [6.07, 6.45) is 4.99. The quantitative estimate of drug-likeness (QED) is 0.864. The van der Waals surface area contributed by atoms with Crippen molar-refractivity contribution < 1.29 is 14.5 Å². The Balaban J connectivity index is 1.87. The Morgan fingerprint density at radius 3 is 2.18 bits per heavy atom. The van der Waals surface area contributed by atoms with Gasteiger partial charge in [-0.3, -0.25) is 9.59 Å².